The molecule has 0 spiro atoms. The Morgan fingerprint density at radius 1 is 0.879 bits per heavy atom. The summed E-state index contributed by atoms with van der Waals surface area (Å²) in [5, 5.41) is 5.89. The van der Waals surface area contributed by atoms with Crippen LogP contribution in [0.15, 0.2) is 18.6 Å². The SMILES string of the molecule is CC(C)(C)OC(=O)C(NC(=O)C(NC(=O)c1cnccn1)C1CCCCC1)C1CCCCC1. The number of amides is 2. The van der Waals surface area contributed by atoms with Gasteiger partial charge in [-0.2, -0.15) is 0 Å². The van der Waals surface area contributed by atoms with Crippen LogP contribution in [0.1, 0.15) is 95.5 Å². The van der Waals surface area contributed by atoms with E-state index in [0.717, 1.165) is 64.2 Å². The molecule has 0 bridgehead atoms. The summed E-state index contributed by atoms with van der Waals surface area (Å²) in [6.07, 6.45) is 14.2. The van der Waals surface area contributed by atoms with Crippen molar-refractivity contribution >= 4 is 17.8 Å². The van der Waals surface area contributed by atoms with Crippen LogP contribution in [-0.2, 0) is 14.3 Å². The van der Waals surface area contributed by atoms with Gasteiger partial charge in [0.25, 0.3) is 5.91 Å². The van der Waals surface area contributed by atoms with Crippen LogP contribution in [0.5, 0.6) is 0 Å². The number of esters is 1. The third-order valence-electron chi connectivity index (χ3n) is 6.57. The number of aromatic nitrogens is 2. The van der Waals surface area contributed by atoms with E-state index in [4.69, 9.17) is 4.74 Å². The highest BCUT2D eigenvalue weighted by Crippen LogP contribution is 2.30. The Kier molecular flexibility index (Phi) is 8.80. The van der Waals surface area contributed by atoms with E-state index in [9.17, 15) is 14.4 Å². The number of nitrogens with one attached hydrogen (secondary N) is 2. The number of carbonyl (C=O) groups excluding carboxylic acids is 3. The first-order chi connectivity index (χ1) is 15.7. The summed E-state index contributed by atoms with van der Waals surface area (Å²) < 4.78 is 5.67. The van der Waals surface area contributed by atoms with Crippen LogP contribution >= 0.6 is 0 Å². The second kappa shape index (κ2) is 11.6. The summed E-state index contributed by atoms with van der Waals surface area (Å²) in [4.78, 5) is 47.5. The highest BCUT2D eigenvalue weighted by Gasteiger charge is 2.38. The zero-order valence-corrected chi connectivity index (χ0v) is 20.1. The maximum atomic E-state index is 13.6. The summed E-state index contributed by atoms with van der Waals surface area (Å²) in [6, 6.07) is -1.44. The van der Waals surface area contributed by atoms with Gasteiger partial charge in [0.1, 0.15) is 23.4 Å². The molecule has 3 rings (SSSR count). The van der Waals surface area contributed by atoms with Crippen molar-refractivity contribution in [1.29, 1.82) is 0 Å². The Bertz CT molecular complexity index is 796. The smallest absolute Gasteiger partial charge is 0.329 e. The second-order valence-electron chi connectivity index (χ2n) is 10.4. The molecular weight excluding hydrogens is 420 g/mol. The average Bonchev–Trinajstić information content (AvgIpc) is 2.81. The number of rotatable bonds is 7. The minimum atomic E-state index is -0.728. The van der Waals surface area contributed by atoms with E-state index in [1.54, 1.807) is 0 Å². The Balaban J connectivity index is 1.79. The van der Waals surface area contributed by atoms with Crippen LogP contribution in [0.3, 0.4) is 0 Å². The van der Waals surface area contributed by atoms with Crippen LogP contribution in [0, 0.1) is 11.8 Å². The van der Waals surface area contributed by atoms with Crippen molar-refractivity contribution in [2.24, 2.45) is 11.8 Å². The molecule has 2 saturated carbocycles. The lowest BCUT2D eigenvalue weighted by molar-refractivity contribution is -0.161. The summed E-state index contributed by atoms with van der Waals surface area (Å²) >= 11 is 0. The highest BCUT2D eigenvalue weighted by molar-refractivity contribution is 5.96. The molecule has 8 nitrogen and oxygen atoms in total. The van der Waals surface area contributed by atoms with Crippen LogP contribution < -0.4 is 10.6 Å². The molecule has 1 aromatic rings. The van der Waals surface area contributed by atoms with E-state index in [2.05, 4.69) is 20.6 Å². The summed E-state index contributed by atoms with van der Waals surface area (Å²) in [5.41, 5.74) is -0.473. The van der Waals surface area contributed by atoms with Gasteiger partial charge in [-0.3, -0.25) is 14.6 Å². The van der Waals surface area contributed by atoms with E-state index in [1.165, 1.54) is 18.6 Å². The van der Waals surface area contributed by atoms with Crippen LogP contribution in [0.25, 0.3) is 0 Å². The number of ether oxygens (including phenoxy) is 1. The van der Waals surface area contributed by atoms with E-state index < -0.39 is 29.6 Å². The highest BCUT2D eigenvalue weighted by atomic mass is 16.6. The molecule has 2 fully saturated rings. The van der Waals surface area contributed by atoms with Gasteiger partial charge < -0.3 is 15.4 Å². The van der Waals surface area contributed by atoms with Gasteiger partial charge in [-0.25, -0.2) is 9.78 Å². The molecule has 1 heterocycles. The zero-order chi connectivity index (χ0) is 23.8. The number of carbonyl (C=O) groups is 3. The predicted octanol–water partition coefficient (Wildman–Crippen LogP) is 3.56. The first-order valence-electron chi connectivity index (χ1n) is 12.3. The minimum absolute atomic E-state index is 0.0185. The lowest BCUT2D eigenvalue weighted by atomic mass is 9.81. The van der Waals surface area contributed by atoms with Gasteiger partial charge in [0, 0.05) is 12.4 Å². The van der Waals surface area contributed by atoms with Gasteiger partial charge in [-0.1, -0.05) is 38.5 Å². The van der Waals surface area contributed by atoms with Gasteiger partial charge in [0.2, 0.25) is 5.91 Å². The molecule has 2 unspecified atom stereocenters. The first kappa shape index (κ1) is 25.1. The molecule has 0 aromatic carbocycles. The lowest BCUT2D eigenvalue weighted by Crippen LogP contribution is -2.57. The Morgan fingerprint density at radius 2 is 1.45 bits per heavy atom. The number of hydrogen-bond acceptors (Lipinski definition) is 6. The van der Waals surface area contributed by atoms with Gasteiger partial charge in [0.15, 0.2) is 0 Å². The largest absolute Gasteiger partial charge is 0.458 e. The topological polar surface area (TPSA) is 110 Å². The second-order valence-corrected chi connectivity index (χ2v) is 10.4. The van der Waals surface area contributed by atoms with Crippen molar-refractivity contribution in [3.63, 3.8) is 0 Å². The van der Waals surface area contributed by atoms with Crippen molar-refractivity contribution in [3.8, 4) is 0 Å². The molecule has 1 aromatic heterocycles. The van der Waals surface area contributed by atoms with E-state index in [-0.39, 0.29) is 23.4 Å². The summed E-state index contributed by atoms with van der Waals surface area (Å²) in [7, 11) is 0. The fourth-order valence-electron chi connectivity index (χ4n) is 4.94. The third kappa shape index (κ3) is 7.51. The molecule has 0 saturated heterocycles. The molecule has 2 aliphatic rings. The van der Waals surface area contributed by atoms with E-state index in [0.29, 0.717) is 0 Å². The molecule has 8 heteroatoms. The Morgan fingerprint density at radius 3 is 1.97 bits per heavy atom. The summed E-state index contributed by atoms with van der Waals surface area (Å²) in [6.45, 7) is 5.49. The predicted molar refractivity (Wildman–Crippen MR) is 124 cm³/mol. The zero-order valence-electron chi connectivity index (χ0n) is 20.1. The molecule has 33 heavy (non-hydrogen) atoms. The van der Waals surface area contributed by atoms with Gasteiger partial charge in [-0.05, 0) is 58.3 Å². The molecule has 182 valence electrons. The molecule has 0 aliphatic heterocycles. The van der Waals surface area contributed by atoms with Crippen molar-refractivity contribution < 1.29 is 19.1 Å². The standard InChI is InChI=1S/C25H38N4O4/c1-25(2,3)33-24(32)21(18-12-8-5-9-13-18)29-23(31)20(17-10-6-4-7-11-17)28-22(30)19-16-26-14-15-27-19/h14-18,20-21H,4-13H2,1-3H3,(H,28,30)(H,29,31). The van der Waals surface area contributed by atoms with Gasteiger partial charge in [0.05, 0.1) is 6.20 Å². The minimum Gasteiger partial charge on any atom is -0.458 e. The maximum absolute atomic E-state index is 13.6. The molecule has 2 N–H and O–H groups in total. The van der Waals surface area contributed by atoms with Gasteiger partial charge >= 0.3 is 5.97 Å². The average molecular weight is 459 g/mol. The fraction of sp³-hybridized carbons (Fsp3) is 0.720. The third-order valence-corrected chi connectivity index (χ3v) is 6.57. The normalized spacial score (nSPS) is 19.8. The molecular formula is C25H38N4O4. The Hall–Kier alpha value is -2.51. The molecule has 2 amide bonds. The van der Waals surface area contributed by atoms with E-state index >= 15 is 0 Å². The lowest BCUT2D eigenvalue weighted by Gasteiger charge is -2.35. The molecule has 0 radical (unpaired) electrons. The van der Waals surface area contributed by atoms with Crippen molar-refractivity contribution in [2.75, 3.05) is 0 Å². The fourth-order valence-corrected chi connectivity index (χ4v) is 4.94. The maximum Gasteiger partial charge on any atom is 0.329 e. The summed E-state index contributed by atoms with van der Waals surface area (Å²) in [5.74, 6) is -1.09. The van der Waals surface area contributed by atoms with Crippen LogP contribution in [0.4, 0.5) is 0 Å². The monoisotopic (exact) mass is 458 g/mol. The van der Waals surface area contributed by atoms with E-state index in [1.807, 2.05) is 20.8 Å². The van der Waals surface area contributed by atoms with Gasteiger partial charge in [-0.15, -0.1) is 0 Å². The number of nitrogens with zero attached hydrogens (tertiary/aromatic N) is 2. The van der Waals surface area contributed by atoms with Crippen molar-refractivity contribution in [2.45, 2.75) is 103 Å². The van der Waals surface area contributed by atoms with Crippen LogP contribution in [0.2, 0.25) is 0 Å². The molecule has 2 aliphatic carbocycles. The quantitative estimate of drug-likeness (QED) is 0.605. The van der Waals surface area contributed by atoms with Crippen molar-refractivity contribution in [1.82, 2.24) is 20.6 Å². The van der Waals surface area contributed by atoms with Crippen LogP contribution in [-0.4, -0.2) is 45.4 Å². The first-order valence-corrected chi connectivity index (χ1v) is 12.3. The van der Waals surface area contributed by atoms with Crippen molar-refractivity contribution in [3.05, 3.63) is 24.3 Å². The Labute approximate surface area is 196 Å². The molecule has 2 atom stereocenters. The number of hydrogen-bond donors (Lipinski definition) is 2.